The van der Waals surface area contributed by atoms with Gasteiger partial charge in [0.05, 0.1) is 6.33 Å². The first-order valence-electron chi connectivity index (χ1n) is 14.5. The van der Waals surface area contributed by atoms with E-state index in [-0.39, 0.29) is 36.5 Å². The third-order valence-electron chi connectivity index (χ3n) is 8.11. The predicted molar refractivity (Wildman–Crippen MR) is 153 cm³/mol. The van der Waals surface area contributed by atoms with Crippen LogP contribution in [0, 0.1) is 18.8 Å². The van der Waals surface area contributed by atoms with E-state index in [0.29, 0.717) is 18.9 Å². The van der Waals surface area contributed by atoms with E-state index in [4.69, 9.17) is 5.73 Å². The maximum absolute atomic E-state index is 13.6. The number of carbonyl (C=O) groups is 3. The Morgan fingerprint density at radius 1 is 1.13 bits per heavy atom. The molecular weight excluding hydrogens is 492 g/mol. The highest BCUT2D eigenvalue weighted by Gasteiger charge is 2.43. The Morgan fingerprint density at radius 3 is 2.49 bits per heavy atom. The molecule has 214 valence electrons. The average Bonchev–Trinajstić information content (AvgIpc) is 3.64. The van der Waals surface area contributed by atoms with Crippen LogP contribution in [0.1, 0.15) is 81.7 Å². The molecule has 39 heavy (non-hydrogen) atoms. The Morgan fingerprint density at radius 2 is 1.85 bits per heavy atom. The van der Waals surface area contributed by atoms with E-state index >= 15 is 0 Å². The molecule has 1 aliphatic heterocycles. The second kappa shape index (κ2) is 14.8. The summed E-state index contributed by atoms with van der Waals surface area (Å²) in [6.45, 7) is 6.55. The number of nitrogens with one attached hydrogen (secondary N) is 3. The van der Waals surface area contributed by atoms with Gasteiger partial charge >= 0.3 is 0 Å². The molecule has 9 nitrogen and oxygen atoms in total. The fourth-order valence-corrected chi connectivity index (χ4v) is 6.03. The number of nitrogens with two attached hydrogens (primary N) is 1. The van der Waals surface area contributed by atoms with Gasteiger partial charge in [0.1, 0.15) is 12.1 Å². The number of H-pyrrole nitrogens is 1. The van der Waals surface area contributed by atoms with Gasteiger partial charge in [-0.1, -0.05) is 70.2 Å². The lowest BCUT2D eigenvalue weighted by Crippen LogP contribution is -2.53. The van der Waals surface area contributed by atoms with E-state index in [0.717, 1.165) is 29.7 Å². The van der Waals surface area contributed by atoms with E-state index in [1.54, 1.807) is 24.5 Å². The molecule has 2 fully saturated rings. The molecule has 1 aliphatic carbocycles. The zero-order valence-electron chi connectivity index (χ0n) is 23.9. The Bertz CT molecular complexity index is 1070. The van der Waals surface area contributed by atoms with Crippen LogP contribution in [0.5, 0.6) is 0 Å². The third kappa shape index (κ3) is 7.91. The van der Waals surface area contributed by atoms with E-state index in [1.165, 1.54) is 19.3 Å². The van der Waals surface area contributed by atoms with Gasteiger partial charge in [-0.2, -0.15) is 0 Å². The first kappa shape index (κ1) is 30.3. The molecule has 1 unspecified atom stereocenters. The number of aryl methyl sites for hydroxylation is 1. The molecule has 3 amide bonds. The standard InChI is InChI=1S/C28H40N6O3.C2H6/c1-18-8-6-7-11-22(18)23(29)14-26(35)34-16-20(19-9-4-3-5-10-19)12-25(34)28(37)33-24(27(36)30-2)13-21-15-31-17-32-21;1-2/h6-8,11,15,17,19-20,23-25H,3-5,9-10,12-14,16,29H2,1-2H3,(H,30,36)(H,31,32)(H,33,37);1-2H3/t20?,23-,24-,25-;/m0./s1. The van der Waals surface area contributed by atoms with Crippen molar-refractivity contribution in [3.63, 3.8) is 0 Å². The summed E-state index contributed by atoms with van der Waals surface area (Å²) in [6, 6.07) is 6.01. The first-order valence-corrected chi connectivity index (χ1v) is 14.5. The van der Waals surface area contributed by atoms with Gasteiger partial charge in [0, 0.05) is 44.4 Å². The minimum Gasteiger partial charge on any atom is -0.357 e. The average molecular weight is 539 g/mol. The largest absolute Gasteiger partial charge is 0.357 e. The summed E-state index contributed by atoms with van der Waals surface area (Å²) < 4.78 is 0. The number of hydrogen-bond acceptors (Lipinski definition) is 5. The summed E-state index contributed by atoms with van der Waals surface area (Å²) in [7, 11) is 1.55. The number of rotatable bonds is 9. The molecule has 2 aliphatic rings. The van der Waals surface area contributed by atoms with Crippen LogP contribution in [-0.4, -0.2) is 58.3 Å². The van der Waals surface area contributed by atoms with E-state index in [2.05, 4.69) is 20.6 Å². The van der Waals surface area contributed by atoms with Crippen molar-refractivity contribution >= 4 is 17.7 Å². The van der Waals surface area contributed by atoms with Gasteiger partial charge in [0.15, 0.2) is 0 Å². The number of likely N-dealkylation sites (tertiary alicyclic amines) is 1. The van der Waals surface area contributed by atoms with Crippen LogP contribution in [-0.2, 0) is 20.8 Å². The van der Waals surface area contributed by atoms with Crippen molar-refractivity contribution in [2.45, 2.75) is 90.3 Å². The number of likely N-dealkylation sites (N-methyl/N-ethyl adjacent to an activating group) is 1. The van der Waals surface area contributed by atoms with Crippen molar-refractivity contribution in [1.29, 1.82) is 0 Å². The lowest BCUT2D eigenvalue weighted by Gasteiger charge is -2.28. The third-order valence-corrected chi connectivity index (χ3v) is 8.11. The maximum Gasteiger partial charge on any atom is 0.243 e. The van der Waals surface area contributed by atoms with Gasteiger partial charge in [-0.25, -0.2) is 4.98 Å². The summed E-state index contributed by atoms with van der Waals surface area (Å²) in [6.07, 6.45) is 10.2. The van der Waals surface area contributed by atoms with Gasteiger partial charge in [-0.05, 0) is 36.3 Å². The molecule has 0 spiro atoms. The van der Waals surface area contributed by atoms with Crippen molar-refractivity contribution in [1.82, 2.24) is 25.5 Å². The van der Waals surface area contributed by atoms with E-state index in [1.807, 2.05) is 45.0 Å². The smallest absolute Gasteiger partial charge is 0.243 e. The molecular formula is C30H46N6O3. The zero-order chi connectivity index (χ0) is 28.4. The number of hydrogen-bond donors (Lipinski definition) is 4. The van der Waals surface area contributed by atoms with Gasteiger partial charge < -0.3 is 26.3 Å². The lowest BCUT2D eigenvalue weighted by atomic mass is 9.79. The Hall–Kier alpha value is -3.20. The Balaban J connectivity index is 0.00000205. The highest BCUT2D eigenvalue weighted by atomic mass is 16.2. The molecule has 1 saturated heterocycles. The zero-order valence-corrected chi connectivity index (χ0v) is 23.9. The van der Waals surface area contributed by atoms with Crippen LogP contribution in [0.15, 0.2) is 36.8 Å². The van der Waals surface area contributed by atoms with Crippen molar-refractivity contribution < 1.29 is 14.4 Å². The van der Waals surface area contributed by atoms with E-state index in [9.17, 15) is 14.4 Å². The molecule has 1 saturated carbocycles. The van der Waals surface area contributed by atoms with Gasteiger partial charge in [-0.3, -0.25) is 14.4 Å². The minimum absolute atomic E-state index is 0.112. The van der Waals surface area contributed by atoms with Gasteiger partial charge in [0.2, 0.25) is 17.7 Å². The molecule has 5 N–H and O–H groups in total. The summed E-state index contributed by atoms with van der Waals surface area (Å²) in [4.78, 5) is 48.5. The highest BCUT2D eigenvalue weighted by Crippen LogP contribution is 2.38. The molecule has 4 atom stereocenters. The topological polar surface area (TPSA) is 133 Å². The monoisotopic (exact) mass is 538 g/mol. The summed E-state index contributed by atoms with van der Waals surface area (Å²) in [5.74, 6) is 0.111. The molecule has 1 aromatic carbocycles. The Kier molecular flexibility index (Phi) is 11.5. The minimum atomic E-state index is -0.766. The van der Waals surface area contributed by atoms with Gasteiger partial charge in [0.25, 0.3) is 0 Å². The number of nitrogens with zero attached hydrogens (tertiary/aromatic N) is 2. The van der Waals surface area contributed by atoms with Gasteiger partial charge in [-0.15, -0.1) is 0 Å². The quantitative estimate of drug-likeness (QED) is 0.388. The summed E-state index contributed by atoms with van der Waals surface area (Å²) in [5, 5.41) is 5.56. The van der Waals surface area contributed by atoms with Crippen LogP contribution >= 0.6 is 0 Å². The van der Waals surface area contributed by atoms with Crippen LogP contribution in [0.2, 0.25) is 0 Å². The Labute approximate surface area is 232 Å². The van der Waals surface area contributed by atoms with Crippen LogP contribution in [0.3, 0.4) is 0 Å². The number of aromatic amines is 1. The van der Waals surface area contributed by atoms with Crippen LogP contribution < -0.4 is 16.4 Å². The molecule has 2 aromatic rings. The molecule has 2 heterocycles. The molecule has 0 radical (unpaired) electrons. The normalized spacial score (nSPS) is 20.9. The second-order valence-electron chi connectivity index (χ2n) is 10.6. The number of carbonyl (C=O) groups excluding carboxylic acids is 3. The highest BCUT2D eigenvalue weighted by molar-refractivity contribution is 5.92. The summed E-state index contributed by atoms with van der Waals surface area (Å²) >= 11 is 0. The summed E-state index contributed by atoms with van der Waals surface area (Å²) in [5.41, 5.74) is 9.21. The van der Waals surface area contributed by atoms with Crippen molar-refractivity contribution in [3.05, 3.63) is 53.6 Å². The molecule has 1 aromatic heterocycles. The number of benzene rings is 1. The van der Waals surface area contributed by atoms with Crippen LogP contribution in [0.25, 0.3) is 0 Å². The molecule has 9 heteroatoms. The maximum atomic E-state index is 13.6. The predicted octanol–water partition coefficient (Wildman–Crippen LogP) is 3.41. The van der Waals surface area contributed by atoms with Crippen molar-refractivity contribution in [2.24, 2.45) is 17.6 Å². The fraction of sp³-hybridized carbons (Fsp3) is 0.600. The molecule has 0 bridgehead atoms. The van der Waals surface area contributed by atoms with E-state index < -0.39 is 18.1 Å². The van der Waals surface area contributed by atoms with Crippen molar-refractivity contribution in [3.8, 4) is 0 Å². The number of imidazole rings is 1. The van der Waals surface area contributed by atoms with Crippen LogP contribution in [0.4, 0.5) is 0 Å². The number of aromatic nitrogens is 2. The second-order valence-corrected chi connectivity index (χ2v) is 10.6. The number of amides is 3. The lowest BCUT2D eigenvalue weighted by molar-refractivity contribution is -0.139. The van der Waals surface area contributed by atoms with Crippen molar-refractivity contribution in [2.75, 3.05) is 13.6 Å². The first-order chi connectivity index (χ1) is 18.9. The SMILES string of the molecule is CC.CNC(=O)[C@H](Cc1cnc[nH]1)NC(=O)[C@@H]1CC(C2CCCCC2)CN1C(=O)C[C@H](N)c1ccccc1C. The molecule has 4 rings (SSSR count). The fourth-order valence-electron chi connectivity index (χ4n) is 6.03.